The molecule has 1 saturated heterocycles. The Kier molecular flexibility index (Phi) is 7.07. The second-order valence-corrected chi connectivity index (χ2v) is 9.35. The third-order valence-corrected chi connectivity index (χ3v) is 6.81. The minimum Gasteiger partial charge on any atom is -0.380 e. The van der Waals surface area contributed by atoms with Gasteiger partial charge in [0.05, 0.1) is 23.7 Å². The zero-order chi connectivity index (χ0) is 23.5. The SMILES string of the molecule is COCc1c(C(=O)NCc2ccc(C(=O)N3CC(C)OC(C)C3)cc2)sc2cccc(F)c12. The van der Waals surface area contributed by atoms with E-state index < -0.39 is 0 Å². The van der Waals surface area contributed by atoms with Crippen LogP contribution >= 0.6 is 11.3 Å². The number of morpholine rings is 1. The Balaban J connectivity index is 1.44. The molecule has 2 amide bonds. The second-order valence-electron chi connectivity index (χ2n) is 8.30. The van der Waals surface area contributed by atoms with Crippen molar-refractivity contribution in [2.45, 2.75) is 39.2 Å². The van der Waals surface area contributed by atoms with Gasteiger partial charge in [0, 0.05) is 48.0 Å². The maximum absolute atomic E-state index is 14.4. The molecule has 2 unspecified atom stereocenters. The molecule has 4 rings (SSSR count). The molecule has 0 bridgehead atoms. The van der Waals surface area contributed by atoms with Crippen molar-refractivity contribution in [1.29, 1.82) is 0 Å². The minimum atomic E-state index is -0.362. The van der Waals surface area contributed by atoms with E-state index in [-0.39, 0.29) is 36.4 Å². The van der Waals surface area contributed by atoms with E-state index in [1.165, 1.54) is 24.5 Å². The van der Waals surface area contributed by atoms with Gasteiger partial charge < -0.3 is 19.7 Å². The highest BCUT2D eigenvalue weighted by molar-refractivity contribution is 7.21. The standard InChI is InChI=1S/C25H27FN2O4S/c1-15-12-28(13-16(2)32-15)25(30)18-9-7-17(8-10-18)11-27-24(29)23-19(14-31-3)22-20(26)5-4-6-21(22)33-23/h4-10,15-16H,11-14H2,1-3H3,(H,27,29). The molecule has 8 heteroatoms. The number of hydrogen-bond donors (Lipinski definition) is 1. The van der Waals surface area contributed by atoms with Gasteiger partial charge in [-0.3, -0.25) is 9.59 Å². The number of methoxy groups -OCH3 is 1. The van der Waals surface area contributed by atoms with Crippen LogP contribution in [-0.2, 0) is 22.6 Å². The molecule has 1 fully saturated rings. The smallest absolute Gasteiger partial charge is 0.262 e. The summed E-state index contributed by atoms with van der Waals surface area (Å²) in [6, 6.07) is 12.0. The Morgan fingerprint density at radius 2 is 1.85 bits per heavy atom. The van der Waals surface area contributed by atoms with Gasteiger partial charge in [-0.2, -0.15) is 0 Å². The molecule has 0 aliphatic carbocycles. The topological polar surface area (TPSA) is 67.9 Å². The van der Waals surface area contributed by atoms with E-state index in [2.05, 4.69) is 5.32 Å². The number of hydrogen-bond acceptors (Lipinski definition) is 5. The first kappa shape index (κ1) is 23.4. The van der Waals surface area contributed by atoms with Crippen LogP contribution in [0.4, 0.5) is 4.39 Å². The second kappa shape index (κ2) is 9.99. The summed E-state index contributed by atoms with van der Waals surface area (Å²) in [5.74, 6) is -0.664. The predicted molar refractivity (Wildman–Crippen MR) is 126 cm³/mol. The van der Waals surface area contributed by atoms with Crippen LogP contribution in [0.1, 0.15) is 45.0 Å². The molecular formula is C25H27FN2O4S. The van der Waals surface area contributed by atoms with Crippen molar-refractivity contribution in [3.05, 3.63) is 69.8 Å². The van der Waals surface area contributed by atoms with Crippen LogP contribution in [0, 0.1) is 5.82 Å². The van der Waals surface area contributed by atoms with Gasteiger partial charge in [0.1, 0.15) is 5.82 Å². The molecule has 0 radical (unpaired) electrons. The lowest BCUT2D eigenvalue weighted by Crippen LogP contribution is -2.48. The fourth-order valence-electron chi connectivity index (χ4n) is 4.19. The number of carbonyl (C=O) groups is 2. The highest BCUT2D eigenvalue weighted by Crippen LogP contribution is 2.33. The first-order valence-electron chi connectivity index (χ1n) is 10.9. The van der Waals surface area contributed by atoms with E-state index in [9.17, 15) is 14.0 Å². The summed E-state index contributed by atoms with van der Waals surface area (Å²) in [6.45, 7) is 5.51. The van der Waals surface area contributed by atoms with Gasteiger partial charge in [-0.25, -0.2) is 4.39 Å². The highest BCUT2D eigenvalue weighted by atomic mass is 32.1. The van der Waals surface area contributed by atoms with Gasteiger partial charge in [-0.15, -0.1) is 11.3 Å². The van der Waals surface area contributed by atoms with Crippen molar-refractivity contribution in [2.75, 3.05) is 20.2 Å². The maximum atomic E-state index is 14.4. The molecule has 1 aliphatic heterocycles. The Hall–Kier alpha value is -2.81. The number of rotatable bonds is 6. The fourth-order valence-corrected chi connectivity index (χ4v) is 5.33. The lowest BCUT2D eigenvalue weighted by molar-refractivity contribution is -0.0586. The van der Waals surface area contributed by atoms with Crippen LogP contribution in [0.3, 0.4) is 0 Å². The molecule has 0 saturated carbocycles. The van der Waals surface area contributed by atoms with Gasteiger partial charge in [0.2, 0.25) is 0 Å². The molecule has 0 spiro atoms. The molecule has 1 aromatic heterocycles. The summed E-state index contributed by atoms with van der Waals surface area (Å²) in [7, 11) is 1.52. The third-order valence-electron chi connectivity index (χ3n) is 5.62. The normalized spacial score (nSPS) is 18.5. The first-order valence-corrected chi connectivity index (χ1v) is 11.7. The zero-order valence-electron chi connectivity index (χ0n) is 18.9. The van der Waals surface area contributed by atoms with E-state index in [4.69, 9.17) is 9.47 Å². The van der Waals surface area contributed by atoms with Crippen LogP contribution in [0.15, 0.2) is 42.5 Å². The van der Waals surface area contributed by atoms with Crippen molar-refractivity contribution in [3.8, 4) is 0 Å². The zero-order valence-corrected chi connectivity index (χ0v) is 19.7. The molecule has 2 heterocycles. The van der Waals surface area contributed by atoms with Gasteiger partial charge in [0.25, 0.3) is 11.8 Å². The summed E-state index contributed by atoms with van der Waals surface area (Å²) in [4.78, 5) is 28.0. The van der Waals surface area contributed by atoms with Gasteiger partial charge in [-0.05, 0) is 43.7 Å². The summed E-state index contributed by atoms with van der Waals surface area (Å²) in [5.41, 5.74) is 2.03. The molecule has 2 aromatic carbocycles. The number of amides is 2. The number of thiophene rings is 1. The van der Waals surface area contributed by atoms with Gasteiger partial charge >= 0.3 is 0 Å². The summed E-state index contributed by atoms with van der Waals surface area (Å²) in [6.07, 6.45) is 0.0233. The number of fused-ring (bicyclic) bond motifs is 1. The Morgan fingerprint density at radius 3 is 2.52 bits per heavy atom. The molecule has 1 N–H and O–H groups in total. The Labute approximate surface area is 196 Å². The lowest BCUT2D eigenvalue weighted by atomic mass is 10.1. The molecule has 6 nitrogen and oxygen atoms in total. The van der Waals surface area contributed by atoms with Crippen LogP contribution in [0.2, 0.25) is 0 Å². The molecular weight excluding hydrogens is 443 g/mol. The van der Waals surface area contributed by atoms with Gasteiger partial charge in [0.15, 0.2) is 0 Å². The average Bonchev–Trinajstić information content (AvgIpc) is 3.17. The average molecular weight is 471 g/mol. The minimum absolute atomic E-state index is 0.0116. The monoisotopic (exact) mass is 470 g/mol. The van der Waals surface area contributed by atoms with E-state index >= 15 is 0 Å². The van der Waals surface area contributed by atoms with E-state index in [1.54, 1.807) is 24.3 Å². The Bertz CT molecular complexity index is 1150. The summed E-state index contributed by atoms with van der Waals surface area (Å²) in [5, 5.41) is 3.33. The Morgan fingerprint density at radius 1 is 1.15 bits per heavy atom. The van der Waals surface area contributed by atoms with E-state index in [1.807, 2.05) is 30.9 Å². The fraction of sp³-hybridized carbons (Fsp3) is 0.360. The van der Waals surface area contributed by atoms with Crippen molar-refractivity contribution in [1.82, 2.24) is 10.2 Å². The molecule has 2 atom stereocenters. The van der Waals surface area contributed by atoms with Crippen molar-refractivity contribution < 1.29 is 23.5 Å². The third kappa shape index (κ3) is 5.08. The molecule has 1 aliphatic rings. The van der Waals surface area contributed by atoms with Gasteiger partial charge in [-0.1, -0.05) is 18.2 Å². The number of carbonyl (C=O) groups excluding carboxylic acids is 2. The van der Waals surface area contributed by atoms with Crippen LogP contribution < -0.4 is 5.32 Å². The summed E-state index contributed by atoms with van der Waals surface area (Å²) < 4.78 is 26.0. The quantitative estimate of drug-likeness (QED) is 0.581. The summed E-state index contributed by atoms with van der Waals surface area (Å²) >= 11 is 1.25. The number of halogens is 1. The highest BCUT2D eigenvalue weighted by Gasteiger charge is 2.26. The largest absolute Gasteiger partial charge is 0.380 e. The van der Waals surface area contributed by atoms with E-state index in [0.29, 0.717) is 45.7 Å². The van der Waals surface area contributed by atoms with E-state index in [0.717, 1.165) is 5.56 Å². The number of nitrogens with zero attached hydrogens (tertiary/aromatic N) is 1. The number of nitrogens with one attached hydrogen (secondary N) is 1. The van der Waals surface area contributed by atoms with Crippen molar-refractivity contribution in [2.24, 2.45) is 0 Å². The lowest BCUT2D eigenvalue weighted by Gasteiger charge is -2.35. The van der Waals surface area contributed by atoms with Crippen molar-refractivity contribution in [3.63, 3.8) is 0 Å². The number of benzene rings is 2. The van der Waals surface area contributed by atoms with Crippen molar-refractivity contribution >= 4 is 33.2 Å². The first-order chi connectivity index (χ1) is 15.9. The molecule has 33 heavy (non-hydrogen) atoms. The van der Waals surface area contributed by atoms with Crippen LogP contribution in [0.25, 0.3) is 10.1 Å². The molecule has 3 aromatic rings. The maximum Gasteiger partial charge on any atom is 0.262 e. The number of ether oxygens (including phenoxy) is 2. The van der Waals surface area contributed by atoms with Crippen LogP contribution in [0.5, 0.6) is 0 Å². The molecule has 174 valence electrons. The predicted octanol–water partition coefficient (Wildman–Crippen LogP) is 4.37. The van der Waals surface area contributed by atoms with Crippen LogP contribution in [-0.4, -0.2) is 49.1 Å².